The number of nitrogens with one attached hydrogen (secondary N) is 2. The van der Waals surface area contributed by atoms with Gasteiger partial charge in [0.15, 0.2) is 0 Å². The van der Waals surface area contributed by atoms with Gasteiger partial charge in [0, 0.05) is 64.1 Å². The van der Waals surface area contributed by atoms with Gasteiger partial charge in [0.25, 0.3) is 6.21 Å². The Morgan fingerprint density at radius 2 is 1.46 bits per heavy atom. The highest BCUT2D eigenvalue weighted by molar-refractivity contribution is 6.91. The van der Waals surface area contributed by atoms with Gasteiger partial charge in [-0.1, -0.05) is 126 Å². The first-order valence-corrected chi connectivity index (χ1v) is 22.0. The first-order chi connectivity index (χ1) is 29.2. The third kappa shape index (κ3) is 6.12. The maximum atomic E-state index is 5.33. The SMILES string of the molecule is C[Si+]1C(C2=CNC(C3=[N+]=CC=C3)C=C2)=C(c2ccc(-c3cccc4c3[N-]CC=C4)cc2)C(c2ccc(-c3cccc4cccnc34)cc2)=C1c1ccc(-c2ccc[nH]2)[n-]1. The molecule has 2 N–H and O–H groups in total. The first kappa shape index (κ1) is 34.8. The van der Waals surface area contributed by atoms with Gasteiger partial charge in [0.05, 0.1) is 17.3 Å². The molecular formula is C52H38N6Si. The zero-order valence-electron chi connectivity index (χ0n) is 32.4. The minimum absolute atomic E-state index is 0.0196. The minimum Gasteiger partial charge on any atom is -0.680 e. The summed E-state index contributed by atoms with van der Waals surface area (Å²) in [7, 11) is -1.39. The molecule has 7 heteroatoms. The fourth-order valence-corrected chi connectivity index (χ4v) is 11.5. The predicted molar refractivity (Wildman–Crippen MR) is 247 cm³/mol. The van der Waals surface area contributed by atoms with Gasteiger partial charge in [-0.3, -0.25) is 4.98 Å². The van der Waals surface area contributed by atoms with Gasteiger partial charge in [-0.25, -0.2) is 0 Å². The molecule has 7 heterocycles. The molecule has 0 amide bonds. The van der Waals surface area contributed by atoms with Crippen LogP contribution in [0, 0.1) is 0 Å². The van der Waals surface area contributed by atoms with Gasteiger partial charge >= 0.3 is 14.5 Å². The van der Waals surface area contributed by atoms with E-state index in [0.717, 1.165) is 72.8 Å². The molecule has 4 aliphatic rings. The number of para-hydroxylation sites is 2. The number of benzene rings is 4. The third-order valence-electron chi connectivity index (χ3n) is 11.7. The molecule has 0 spiro atoms. The Morgan fingerprint density at radius 3 is 2.22 bits per heavy atom. The number of fused-ring (bicyclic) bond motifs is 2. The molecule has 1 unspecified atom stereocenters. The molecule has 6 nitrogen and oxygen atoms in total. The van der Waals surface area contributed by atoms with E-state index in [9.17, 15) is 0 Å². The molecule has 0 fully saturated rings. The second-order valence-electron chi connectivity index (χ2n) is 15.1. The summed E-state index contributed by atoms with van der Waals surface area (Å²) in [5.41, 5.74) is 17.8. The highest BCUT2D eigenvalue weighted by Crippen LogP contribution is 2.51. The number of hydrogen-bond donors (Lipinski definition) is 2. The lowest BCUT2D eigenvalue weighted by molar-refractivity contribution is 0.859. The molecule has 0 bridgehead atoms. The molecular weight excluding hydrogens is 737 g/mol. The average Bonchev–Trinajstić information content (AvgIpc) is 4.15. The molecule has 59 heavy (non-hydrogen) atoms. The number of pyridine rings is 1. The lowest BCUT2D eigenvalue weighted by atomic mass is 9.87. The van der Waals surface area contributed by atoms with Crippen LogP contribution in [0.3, 0.4) is 0 Å². The molecule has 0 saturated heterocycles. The van der Waals surface area contributed by atoms with Crippen LogP contribution < -0.4 is 15.0 Å². The number of aromatic amines is 1. The Kier molecular flexibility index (Phi) is 8.54. The van der Waals surface area contributed by atoms with Crippen molar-refractivity contribution in [2.75, 3.05) is 6.54 Å². The van der Waals surface area contributed by atoms with Crippen molar-refractivity contribution in [3.8, 4) is 33.6 Å². The molecule has 7 aromatic rings. The van der Waals surface area contributed by atoms with Crippen LogP contribution in [0.2, 0.25) is 6.55 Å². The molecule has 0 radical (unpaired) electrons. The number of rotatable bonds is 8. The third-order valence-corrected chi connectivity index (χ3v) is 14.2. The lowest BCUT2D eigenvalue weighted by Gasteiger charge is -2.29. The minimum atomic E-state index is -1.39. The summed E-state index contributed by atoms with van der Waals surface area (Å²) in [5.74, 6) is 0. The van der Waals surface area contributed by atoms with E-state index in [1.807, 2.05) is 36.8 Å². The summed E-state index contributed by atoms with van der Waals surface area (Å²) >= 11 is 0. The van der Waals surface area contributed by atoms with Crippen LogP contribution in [0.1, 0.15) is 22.4 Å². The quantitative estimate of drug-likeness (QED) is 0.119. The standard InChI is InChI=1S/C52H37N6Si/c1-59-51(39-24-25-44(57-32-39)42-14-6-28-53-42)47(35-20-16-33(17-21-35)40-12-2-8-37-10-4-30-55-49(37)40)48(52(59)46-27-26-45(58-46)43-15-7-29-54-43)36-22-18-34(19-23-36)41-13-3-9-38-11-5-31-56-50(38)41/h2-29,31-32,44H,30H2,1H3,(H-,54,55,57,58)/q-1/p+1. The van der Waals surface area contributed by atoms with Crippen molar-refractivity contribution < 1.29 is 0 Å². The molecule has 0 aliphatic carbocycles. The maximum Gasteiger partial charge on any atom is 0.387 e. The van der Waals surface area contributed by atoms with Crippen LogP contribution in [0.25, 0.3) is 72.3 Å². The molecule has 4 aliphatic heterocycles. The number of nitrogens with zero attached hydrogens (tertiary/aromatic N) is 4. The Hall–Kier alpha value is -7.44. The second-order valence-corrected chi connectivity index (χ2v) is 17.4. The smallest absolute Gasteiger partial charge is 0.387 e. The van der Waals surface area contributed by atoms with Crippen LogP contribution in [-0.4, -0.2) is 43.3 Å². The molecule has 280 valence electrons. The summed E-state index contributed by atoms with van der Waals surface area (Å²) in [4.78, 5) is 13.5. The average molecular weight is 775 g/mol. The van der Waals surface area contributed by atoms with Crippen molar-refractivity contribution in [3.05, 3.63) is 209 Å². The van der Waals surface area contributed by atoms with Gasteiger partial charge in [-0.2, -0.15) is 0 Å². The highest BCUT2D eigenvalue weighted by atomic mass is 28.3. The summed E-state index contributed by atoms with van der Waals surface area (Å²) in [5, 5.41) is 12.4. The number of hydrogen-bond acceptors (Lipinski definition) is 2. The fraction of sp³-hybridized carbons (Fsp3) is 0.0577. The van der Waals surface area contributed by atoms with Gasteiger partial charge in [0.2, 0.25) is 0 Å². The topological polar surface area (TPSA) is 83.0 Å². The van der Waals surface area contributed by atoms with Crippen LogP contribution in [0.15, 0.2) is 181 Å². The Balaban J connectivity index is 1.09. The maximum absolute atomic E-state index is 5.33. The van der Waals surface area contributed by atoms with Crippen LogP contribution in [0.5, 0.6) is 0 Å². The van der Waals surface area contributed by atoms with Crippen molar-refractivity contribution in [1.82, 2.24) is 24.9 Å². The first-order valence-electron chi connectivity index (χ1n) is 20.0. The van der Waals surface area contributed by atoms with E-state index in [1.165, 1.54) is 32.7 Å². The van der Waals surface area contributed by atoms with Crippen molar-refractivity contribution in [1.29, 1.82) is 0 Å². The van der Waals surface area contributed by atoms with Gasteiger partial charge < -0.3 is 20.6 Å². The Bertz CT molecular complexity index is 3050. The zero-order chi connectivity index (χ0) is 39.3. The number of allylic oxidation sites excluding steroid dienone is 6. The van der Waals surface area contributed by atoms with E-state index >= 15 is 0 Å². The van der Waals surface area contributed by atoms with E-state index in [2.05, 4.69) is 167 Å². The Labute approximate surface area is 344 Å². The van der Waals surface area contributed by atoms with Crippen LogP contribution in [0.4, 0.5) is 5.69 Å². The van der Waals surface area contributed by atoms with Gasteiger partial charge in [0.1, 0.15) is 11.2 Å². The summed E-state index contributed by atoms with van der Waals surface area (Å²) < 4.78 is 4.59. The van der Waals surface area contributed by atoms with Crippen molar-refractivity contribution in [2.24, 2.45) is 0 Å². The lowest BCUT2D eigenvalue weighted by Crippen LogP contribution is -2.33. The van der Waals surface area contributed by atoms with E-state index < -0.39 is 8.80 Å². The number of dihydropyridines is 1. The fourth-order valence-electron chi connectivity index (χ4n) is 8.87. The van der Waals surface area contributed by atoms with Crippen molar-refractivity contribution in [2.45, 2.75) is 12.6 Å². The number of aromatic nitrogens is 3. The molecule has 3 aromatic heterocycles. The zero-order valence-corrected chi connectivity index (χ0v) is 33.4. The largest absolute Gasteiger partial charge is 0.680 e. The normalized spacial score (nSPS) is 16.8. The summed E-state index contributed by atoms with van der Waals surface area (Å²) in [6.45, 7) is 3.13. The van der Waals surface area contributed by atoms with Gasteiger partial charge in [-0.15, -0.1) is 24.0 Å². The highest BCUT2D eigenvalue weighted by Gasteiger charge is 2.46. The number of H-pyrrole nitrogens is 1. The molecule has 11 rings (SSSR count). The van der Waals surface area contributed by atoms with E-state index in [1.54, 1.807) is 0 Å². The van der Waals surface area contributed by atoms with Crippen LogP contribution >= 0.6 is 0 Å². The molecule has 1 atom stereocenters. The second kappa shape index (κ2) is 14.5. The van der Waals surface area contributed by atoms with E-state index in [0.29, 0.717) is 6.54 Å². The van der Waals surface area contributed by atoms with E-state index in [-0.39, 0.29) is 6.04 Å². The monoisotopic (exact) mass is 774 g/mol. The Morgan fingerprint density at radius 1 is 0.712 bits per heavy atom. The van der Waals surface area contributed by atoms with Crippen LogP contribution in [-0.2, 0) is 0 Å². The van der Waals surface area contributed by atoms with Crippen molar-refractivity contribution in [3.63, 3.8) is 0 Å². The summed E-state index contributed by atoms with van der Waals surface area (Å²) in [6, 6.07) is 43.7. The van der Waals surface area contributed by atoms with E-state index in [4.69, 9.17) is 15.3 Å². The van der Waals surface area contributed by atoms with Crippen molar-refractivity contribution >= 4 is 59.7 Å². The predicted octanol–water partition coefficient (Wildman–Crippen LogP) is 10.7. The molecule has 0 saturated carbocycles. The summed E-state index contributed by atoms with van der Waals surface area (Å²) in [6.07, 6.45) is 20.8. The molecule has 4 aromatic carbocycles. The van der Waals surface area contributed by atoms with Gasteiger partial charge in [-0.05, 0) is 57.7 Å².